The Morgan fingerprint density at radius 3 is 2.60 bits per heavy atom. The summed E-state index contributed by atoms with van der Waals surface area (Å²) in [6.07, 6.45) is 0.916. The standard InChI is InChI=1S/C15H14BrF4N5/c16-14-3-1-2-13(24-14)15(19,20)11(7-25(22)8-23-21)10-5-4-9(17)6-12(10)18/h1-6,8,11H,7,21-22H2/b23-8-. The Hall–Kier alpha value is -2.20. The second-order valence-corrected chi connectivity index (χ2v) is 5.96. The van der Waals surface area contributed by atoms with Gasteiger partial charge in [-0.05, 0) is 39.7 Å². The third-order valence-electron chi connectivity index (χ3n) is 3.44. The Morgan fingerprint density at radius 2 is 2.00 bits per heavy atom. The number of rotatable bonds is 6. The number of hydrazine groups is 1. The Balaban J connectivity index is 2.53. The maximum absolute atomic E-state index is 15.1. The Morgan fingerprint density at radius 1 is 1.28 bits per heavy atom. The summed E-state index contributed by atoms with van der Waals surface area (Å²) in [5.41, 5.74) is -0.997. The summed E-state index contributed by atoms with van der Waals surface area (Å²) >= 11 is 3.02. The van der Waals surface area contributed by atoms with Crippen molar-refractivity contribution in [2.24, 2.45) is 16.8 Å². The first kappa shape index (κ1) is 19.1. The molecule has 0 saturated carbocycles. The van der Waals surface area contributed by atoms with Crippen LogP contribution in [0.1, 0.15) is 17.2 Å². The summed E-state index contributed by atoms with van der Waals surface area (Å²) in [7, 11) is 0. The molecule has 4 N–H and O–H groups in total. The highest BCUT2D eigenvalue weighted by Gasteiger charge is 2.45. The topological polar surface area (TPSA) is 80.5 Å². The molecule has 0 saturated heterocycles. The fourth-order valence-corrected chi connectivity index (χ4v) is 2.65. The lowest BCUT2D eigenvalue weighted by molar-refractivity contribution is -0.0444. The summed E-state index contributed by atoms with van der Waals surface area (Å²) in [5, 5.41) is 3.93. The van der Waals surface area contributed by atoms with Crippen LogP contribution in [0.4, 0.5) is 17.6 Å². The highest BCUT2D eigenvalue weighted by atomic mass is 79.9. The number of pyridine rings is 1. The van der Waals surface area contributed by atoms with Crippen molar-refractivity contribution in [2.45, 2.75) is 11.8 Å². The first-order chi connectivity index (χ1) is 11.8. The molecule has 0 amide bonds. The monoisotopic (exact) mass is 419 g/mol. The largest absolute Gasteiger partial charge is 0.322 e. The normalized spacial score (nSPS) is 13.2. The molecule has 134 valence electrons. The Kier molecular flexibility index (Phi) is 5.96. The van der Waals surface area contributed by atoms with Crippen molar-refractivity contribution in [1.82, 2.24) is 9.99 Å². The van der Waals surface area contributed by atoms with E-state index < -0.39 is 41.3 Å². The van der Waals surface area contributed by atoms with Crippen LogP contribution in [0.5, 0.6) is 0 Å². The van der Waals surface area contributed by atoms with Crippen LogP contribution in [-0.4, -0.2) is 22.9 Å². The lowest BCUT2D eigenvalue weighted by Gasteiger charge is -2.29. The van der Waals surface area contributed by atoms with Gasteiger partial charge in [0.2, 0.25) is 0 Å². The fraction of sp³-hybridized carbons (Fsp3) is 0.200. The molecule has 0 aliphatic rings. The SMILES string of the molecule is N/N=C\N(N)CC(c1ccc(F)cc1F)C(F)(F)c1cccc(Br)n1. The van der Waals surface area contributed by atoms with Gasteiger partial charge in [0.25, 0.3) is 5.92 Å². The Labute approximate surface area is 149 Å². The van der Waals surface area contributed by atoms with E-state index in [2.05, 4.69) is 26.0 Å². The first-order valence-corrected chi connectivity index (χ1v) is 7.75. The summed E-state index contributed by atoms with van der Waals surface area (Å²) in [6.45, 7) is -0.537. The van der Waals surface area contributed by atoms with Crippen molar-refractivity contribution >= 4 is 22.3 Å². The van der Waals surface area contributed by atoms with Crippen molar-refractivity contribution < 1.29 is 17.6 Å². The van der Waals surface area contributed by atoms with E-state index in [0.717, 1.165) is 29.5 Å². The number of hydrogen-bond acceptors (Lipinski definition) is 4. The number of alkyl halides is 2. The lowest BCUT2D eigenvalue weighted by atomic mass is 9.89. The van der Waals surface area contributed by atoms with Gasteiger partial charge in [-0.2, -0.15) is 13.9 Å². The van der Waals surface area contributed by atoms with Gasteiger partial charge in [0.1, 0.15) is 28.3 Å². The minimum atomic E-state index is -3.61. The molecule has 0 spiro atoms. The molecule has 25 heavy (non-hydrogen) atoms. The highest BCUT2D eigenvalue weighted by molar-refractivity contribution is 9.10. The molecule has 1 aromatic heterocycles. The van der Waals surface area contributed by atoms with Crippen molar-refractivity contribution in [2.75, 3.05) is 6.54 Å². The number of halogens is 5. The van der Waals surface area contributed by atoms with Gasteiger partial charge in [-0.15, -0.1) is 0 Å². The zero-order valence-electron chi connectivity index (χ0n) is 12.7. The summed E-state index contributed by atoms with van der Waals surface area (Å²) in [4.78, 5) is 3.74. The summed E-state index contributed by atoms with van der Waals surface area (Å²) in [6, 6.07) is 6.34. The minimum Gasteiger partial charge on any atom is -0.322 e. The van der Waals surface area contributed by atoms with Gasteiger partial charge >= 0.3 is 0 Å². The van der Waals surface area contributed by atoms with E-state index in [9.17, 15) is 8.78 Å². The van der Waals surface area contributed by atoms with Gasteiger partial charge in [-0.25, -0.2) is 19.6 Å². The zero-order valence-corrected chi connectivity index (χ0v) is 14.3. The zero-order chi connectivity index (χ0) is 18.6. The van der Waals surface area contributed by atoms with Gasteiger partial charge in [0.15, 0.2) is 0 Å². The van der Waals surface area contributed by atoms with Crippen LogP contribution in [0.25, 0.3) is 0 Å². The first-order valence-electron chi connectivity index (χ1n) is 6.96. The van der Waals surface area contributed by atoms with Crippen LogP contribution in [0, 0.1) is 11.6 Å². The molecule has 1 heterocycles. The molecule has 1 unspecified atom stereocenters. The van der Waals surface area contributed by atoms with E-state index >= 15 is 8.78 Å². The number of hydrazone groups is 1. The maximum Gasteiger partial charge on any atom is 0.298 e. The predicted octanol–water partition coefficient (Wildman–Crippen LogP) is 3.08. The second kappa shape index (κ2) is 7.79. The summed E-state index contributed by atoms with van der Waals surface area (Å²) in [5.74, 6) is 3.14. The van der Waals surface area contributed by atoms with E-state index in [-0.39, 0.29) is 4.60 Å². The summed E-state index contributed by atoms with van der Waals surface area (Å²) < 4.78 is 57.6. The maximum atomic E-state index is 15.1. The third kappa shape index (κ3) is 4.45. The molecule has 0 aliphatic carbocycles. The smallest absolute Gasteiger partial charge is 0.298 e. The average Bonchev–Trinajstić information content (AvgIpc) is 2.53. The van der Waals surface area contributed by atoms with Gasteiger partial charge in [0, 0.05) is 12.6 Å². The van der Waals surface area contributed by atoms with Crippen molar-refractivity contribution in [3.63, 3.8) is 0 Å². The molecule has 2 rings (SSSR count). The quantitative estimate of drug-likeness (QED) is 0.188. The second-order valence-electron chi connectivity index (χ2n) is 5.15. The van der Waals surface area contributed by atoms with E-state index in [1.807, 2.05) is 0 Å². The molecule has 10 heteroatoms. The van der Waals surface area contributed by atoms with Gasteiger partial charge in [-0.1, -0.05) is 12.1 Å². The molecular weight excluding hydrogens is 406 g/mol. The molecule has 2 aromatic rings. The highest BCUT2D eigenvalue weighted by Crippen LogP contribution is 2.42. The molecule has 0 bridgehead atoms. The van der Waals surface area contributed by atoms with Crippen LogP contribution >= 0.6 is 15.9 Å². The molecular formula is C15H14BrF4N5. The number of aromatic nitrogens is 1. The van der Waals surface area contributed by atoms with E-state index in [1.54, 1.807) is 0 Å². The van der Waals surface area contributed by atoms with Gasteiger partial charge in [0.05, 0.1) is 5.92 Å². The molecule has 5 nitrogen and oxygen atoms in total. The van der Waals surface area contributed by atoms with Crippen LogP contribution in [0.15, 0.2) is 46.1 Å². The van der Waals surface area contributed by atoms with Gasteiger partial charge in [-0.3, -0.25) is 5.01 Å². The molecule has 0 fully saturated rings. The van der Waals surface area contributed by atoms with E-state index in [0.29, 0.717) is 6.07 Å². The fourth-order valence-electron chi connectivity index (χ4n) is 2.31. The van der Waals surface area contributed by atoms with E-state index in [4.69, 9.17) is 11.7 Å². The van der Waals surface area contributed by atoms with Gasteiger partial charge < -0.3 is 5.84 Å². The Bertz CT molecular complexity index is 771. The van der Waals surface area contributed by atoms with Crippen molar-refractivity contribution in [3.8, 4) is 0 Å². The van der Waals surface area contributed by atoms with Crippen LogP contribution in [-0.2, 0) is 5.92 Å². The third-order valence-corrected chi connectivity index (χ3v) is 3.88. The van der Waals surface area contributed by atoms with Crippen LogP contribution in [0.3, 0.4) is 0 Å². The van der Waals surface area contributed by atoms with Crippen molar-refractivity contribution in [1.29, 1.82) is 0 Å². The van der Waals surface area contributed by atoms with Crippen molar-refractivity contribution in [3.05, 3.63) is 63.9 Å². The number of hydrogen-bond donors (Lipinski definition) is 2. The minimum absolute atomic E-state index is 0.191. The molecule has 1 atom stereocenters. The molecule has 0 aliphatic heterocycles. The molecule has 1 aromatic carbocycles. The number of benzene rings is 1. The number of nitrogens with zero attached hydrogens (tertiary/aromatic N) is 3. The van der Waals surface area contributed by atoms with Crippen LogP contribution < -0.4 is 11.7 Å². The lowest BCUT2D eigenvalue weighted by Crippen LogP contribution is -2.40. The number of nitrogens with two attached hydrogens (primary N) is 2. The van der Waals surface area contributed by atoms with Crippen LogP contribution in [0.2, 0.25) is 0 Å². The van der Waals surface area contributed by atoms with E-state index in [1.165, 1.54) is 12.1 Å². The molecule has 0 radical (unpaired) electrons. The average molecular weight is 420 g/mol. The predicted molar refractivity (Wildman–Crippen MR) is 88.5 cm³/mol.